The van der Waals surface area contributed by atoms with Crippen LogP contribution in [-0.4, -0.2) is 31.2 Å². The highest BCUT2D eigenvalue weighted by Crippen LogP contribution is 2.17. The maximum Gasteiger partial charge on any atom is 0.243 e. The summed E-state index contributed by atoms with van der Waals surface area (Å²) in [4.78, 5) is 12.0. The lowest BCUT2D eigenvalue weighted by Crippen LogP contribution is -2.37. The summed E-state index contributed by atoms with van der Waals surface area (Å²) in [6.45, 7) is 5.59. The highest BCUT2D eigenvalue weighted by atomic mass is 35.5. The molecular formula is C15H15ClN8O2. The van der Waals surface area contributed by atoms with Gasteiger partial charge in [0.15, 0.2) is 0 Å². The molecule has 2 aromatic heterocycles. The number of halogens is 1. The lowest BCUT2D eigenvalue weighted by molar-refractivity contribution is -0.121. The van der Waals surface area contributed by atoms with E-state index in [4.69, 9.17) is 17.3 Å². The van der Waals surface area contributed by atoms with Crippen LogP contribution in [0.3, 0.4) is 0 Å². The van der Waals surface area contributed by atoms with Gasteiger partial charge in [0.2, 0.25) is 17.5 Å². The number of nitrogens with zero attached hydrogens (tertiary/aromatic N) is 5. The number of rotatable bonds is 6. The second-order valence-electron chi connectivity index (χ2n) is 5.36. The molecule has 0 bridgehead atoms. The van der Waals surface area contributed by atoms with Gasteiger partial charge in [-0.25, -0.2) is 4.63 Å². The van der Waals surface area contributed by atoms with Crippen molar-refractivity contribution in [3.63, 3.8) is 0 Å². The van der Waals surface area contributed by atoms with Crippen molar-refractivity contribution in [3.8, 4) is 5.82 Å². The largest absolute Gasteiger partial charge is 0.378 e. The standard InChI is InChI=1S/C15H15ClN8O2/c1-8(18-19-12(25)7-10-3-5-11(16)6-4-10)13-9(2)24(23-20-13)15-14(17)21-26-22-15/h3-6,18H,1,7H2,2H3,(H2,17,21)(H,19,25). The Bertz CT molecular complexity index is 947. The maximum atomic E-state index is 12.0. The first-order valence-electron chi connectivity index (χ1n) is 7.45. The topological polar surface area (TPSA) is 137 Å². The van der Waals surface area contributed by atoms with Gasteiger partial charge in [-0.1, -0.05) is 35.5 Å². The number of hydrazine groups is 1. The molecule has 0 atom stereocenters. The van der Waals surface area contributed by atoms with Crippen LogP contribution in [0.25, 0.3) is 11.5 Å². The Labute approximate surface area is 152 Å². The van der Waals surface area contributed by atoms with Crippen LogP contribution in [0.15, 0.2) is 35.5 Å². The van der Waals surface area contributed by atoms with Crippen molar-refractivity contribution in [2.24, 2.45) is 0 Å². The number of nitrogens with two attached hydrogens (primary N) is 1. The van der Waals surface area contributed by atoms with E-state index in [0.29, 0.717) is 22.1 Å². The summed E-state index contributed by atoms with van der Waals surface area (Å²) in [7, 11) is 0. The van der Waals surface area contributed by atoms with Gasteiger partial charge in [0.25, 0.3) is 0 Å². The number of amides is 1. The molecule has 0 fully saturated rings. The van der Waals surface area contributed by atoms with E-state index >= 15 is 0 Å². The number of hydrogen-bond acceptors (Lipinski definition) is 8. The molecule has 11 heteroatoms. The van der Waals surface area contributed by atoms with Gasteiger partial charge in [-0.15, -0.1) is 5.10 Å². The van der Waals surface area contributed by atoms with Crippen LogP contribution in [0.4, 0.5) is 5.82 Å². The number of aromatic nitrogens is 5. The lowest BCUT2D eigenvalue weighted by atomic mass is 10.1. The van der Waals surface area contributed by atoms with Crippen LogP contribution in [0, 0.1) is 6.92 Å². The molecular weight excluding hydrogens is 360 g/mol. The van der Waals surface area contributed by atoms with Gasteiger partial charge in [-0.05, 0) is 34.9 Å². The molecule has 0 aliphatic heterocycles. The van der Waals surface area contributed by atoms with Crippen LogP contribution >= 0.6 is 11.6 Å². The van der Waals surface area contributed by atoms with Crippen molar-refractivity contribution in [1.29, 1.82) is 0 Å². The average Bonchev–Trinajstić information content (AvgIpc) is 3.20. The first-order valence-corrected chi connectivity index (χ1v) is 7.82. The Kier molecular flexibility index (Phi) is 4.85. The van der Waals surface area contributed by atoms with E-state index in [0.717, 1.165) is 5.56 Å². The van der Waals surface area contributed by atoms with Crippen LogP contribution in [-0.2, 0) is 11.2 Å². The molecule has 0 saturated heterocycles. The third kappa shape index (κ3) is 3.64. The highest BCUT2D eigenvalue weighted by molar-refractivity contribution is 6.30. The predicted molar refractivity (Wildman–Crippen MR) is 93.8 cm³/mol. The molecule has 4 N–H and O–H groups in total. The molecule has 0 aliphatic rings. The molecule has 0 saturated carbocycles. The van der Waals surface area contributed by atoms with Crippen LogP contribution < -0.4 is 16.6 Å². The summed E-state index contributed by atoms with van der Waals surface area (Å²) < 4.78 is 5.92. The summed E-state index contributed by atoms with van der Waals surface area (Å²) in [6.07, 6.45) is 0.185. The van der Waals surface area contributed by atoms with Crippen molar-refractivity contribution in [1.82, 2.24) is 36.2 Å². The van der Waals surface area contributed by atoms with Crippen molar-refractivity contribution in [2.45, 2.75) is 13.3 Å². The van der Waals surface area contributed by atoms with Crippen molar-refractivity contribution in [2.75, 3.05) is 5.73 Å². The number of nitrogen functional groups attached to an aromatic ring is 1. The molecule has 10 nitrogen and oxygen atoms in total. The monoisotopic (exact) mass is 374 g/mol. The molecule has 3 aromatic rings. The minimum absolute atomic E-state index is 0.0828. The van der Waals surface area contributed by atoms with E-state index < -0.39 is 0 Å². The van der Waals surface area contributed by atoms with Gasteiger partial charge in [0, 0.05) is 5.02 Å². The van der Waals surface area contributed by atoms with E-state index in [1.54, 1.807) is 31.2 Å². The second kappa shape index (κ2) is 7.23. The van der Waals surface area contributed by atoms with Crippen LogP contribution in [0.2, 0.25) is 5.02 Å². The van der Waals surface area contributed by atoms with E-state index in [-0.39, 0.29) is 24.0 Å². The third-order valence-corrected chi connectivity index (χ3v) is 3.76. The van der Waals surface area contributed by atoms with Crippen LogP contribution in [0.5, 0.6) is 0 Å². The zero-order chi connectivity index (χ0) is 18.7. The smallest absolute Gasteiger partial charge is 0.243 e. The van der Waals surface area contributed by atoms with Crippen LogP contribution in [0.1, 0.15) is 17.0 Å². The molecule has 3 rings (SSSR count). The third-order valence-electron chi connectivity index (χ3n) is 3.51. The molecule has 0 unspecified atom stereocenters. The highest BCUT2D eigenvalue weighted by Gasteiger charge is 2.18. The van der Waals surface area contributed by atoms with Crippen molar-refractivity contribution in [3.05, 3.63) is 52.8 Å². The summed E-state index contributed by atoms with van der Waals surface area (Å²) >= 11 is 5.82. The van der Waals surface area contributed by atoms with Gasteiger partial charge in [-0.3, -0.25) is 15.6 Å². The summed E-state index contributed by atoms with van der Waals surface area (Å²) in [5.41, 5.74) is 13.1. The van der Waals surface area contributed by atoms with E-state index in [1.807, 2.05) is 0 Å². The van der Waals surface area contributed by atoms with Crippen molar-refractivity contribution < 1.29 is 9.42 Å². The zero-order valence-electron chi connectivity index (χ0n) is 13.7. The Morgan fingerprint density at radius 2 is 2.04 bits per heavy atom. The summed E-state index contributed by atoms with van der Waals surface area (Å²) in [5, 5.41) is 15.7. The maximum absolute atomic E-state index is 12.0. The molecule has 0 aliphatic carbocycles. The quantitative estimate of drug-likeness (QED) is 0.544. The van der Waals surface area contributed by atoms with Gasteiger partial charge < -0.3 is 5.73 Å². The number of carbonyl (C=O) groups excluding carboxylic acids is 1. The summed E-state index contributed by atoms with van der Waals surface area (Å²) in [6, 6.07) is 7.01. The Balaban J connectivity index is 1.62. The normalized spacial score (nSPS) is 10.5. The molecule has 0 spiro atoms. The second-order valence-corrected chi connectivity index (χ2v) is 5.80. The van der Waals surface area contributed by atoms with Gasteiger partial charge in [-0.2, -0.15) is 4.68 Å². The Morgan fingerprint density at radius 3 is 2.69 bits per heavy atom. The fourth-order valence-electron chi connectivity index (χ4n) is 2.18. The first-order chi connectivity index (χ1) is 12.5. The first kappa shape index (κ1) is 17.4. The minimum Gasteiger partial charge on any atom is -0.378 e. The Hall–Kier alpha value is -3.40. The fourth-order valence-corrected chi connectivity index (χ4v) is 2.31. The number of hydrogen-bond donors (Lipinski definition) is 3. The van der Waals surface area contributed by atoms with E-state index in [2.05, 4.69) is 42.7 Å². The average molecular weight is 375 g/mol. The molecule has 2 heterocycles. The predicted octanol–water partition coefficient (Wildman–Crippen LogP) is 1.03. The molecule has 134 valence electrons. The molecule has 26 heavy (non-hydrogen) atoms. The van der Waals surface area contributed by atoms with Gasteiger partial charge in [0.05, 0.1) is 17.8 Å². The fraction of sp³-hybridized carbons (Fsp3) is 0.133. The zero-order valence-corrected chi connectivity index (χ0v) is 14.5. The number of anilines is 1. The van der Waals surface area contributed by atoms with E-state index in [9.17, 15) is 4.79 Å². The molecule has 1 amide bonds. The summed E-state index contributed by atoms with van der Waals surface area (Å²) in [5.74, 6) is 0.0590. The van der Waals surface area contributed by atoms with E-state index in [1.165, 1.54) is 4.68 Å². The molecule has 1 aromatic carbocycles. The van der Waals surface area contributed by atoms with Gasteiger partial charge in [0.1, 0.15) is 5.69 Å². The van der Waals surface area contributed by atoms with Gasteiger partial charge >= 0.3 is 0 Å². The molecule has 0 radical (unpaired) electrons. The Morgan fingerprint density at radius 1 is 1.31 bits per heavy atom. The number of nitrogens with one attached hydrogen (secondary N) is 2. The SMILES string of the molecule is C=C(NNC(=O)Cc1ccc(Cl)cc1)c1nnn(-c2nonc2N)c1C. The van der Waals surface area contributed by atoms with Crippen molar-refractivity contribution >= 4 is 29.0 Å². The number of benzene rings is 1. The lowest BCUT2D eigenvalue weighted by Gasteiger charge is -2.10. The number of carbonyl (C=O) groups is 1. The minimum atomic E-state index is -0.247.